The largest absolute Gasteiger partial charge is 0.359 e. The Labute approximate surface area is 62.6 Å². The van der Waals surface area contributed by atoms with Crippen LogP contribution in [0.25, 0.3) is 0 Å². The lowest BCUT2D eigenvalue weighted by Crippen LogP contribution is -1.98. The monoisotopic (exact) mass is 150 g/mol. The van der Waals surface area contributed by atoms with Gasteiger partial charge in [-0.25, -0.2) is 4.68 Å². The molecule has 0 N–H and O–H groups in total. The fourth-order valence-corrected chi connectivity index (χ4v) is 0.800. The first-order valence-electron chi connectivity index (χ1n) is 3.19. The van der Waals surface area contributed by atoms with E-state index in [1.165, 1.54) is 0 Å². The molecule has 2 aromatic heterocycles. The Kier molecular flexibility index (Phi) is 1.40. The lowest BCUT2D eigenvalue weighted by molar-refractivity contribution is 0.370. The van der Waals surface area contributed by atoms with Gasteiger partial charge in [-0.15, -0.1) is 5.10 Å². The molecule has 0 radical (unpaired) electrons. The van der Waals surface area contributed by atoms with E-state index in [1.54, 1.807) is 29.3 Å². The molecule has 0 unspecified atom stereocenters. The van der Waals surface area contributed by atoms with Crippen LogP contribution in [-0.2, 0) is 6.54 Å². The molecule has 0 aromatic carbocycles. The fourth-order valence-electron chi connectivity index (χ4n) is 0.800. The molecule has 2 aromatic rings. The minimum absolute atomic E-state index is 0.583. The molecular formula is C6H6N4O. The second-order valence-electron chi connectivity index (χ2n) is 2.08. The van der Waals surface area contributed by atoms with Crippen molar-refractivity contribution in [1.29, 1.82) is 0 Å². The highest BCUT2D eigenvalue weighted by molar-refractivity contribution is 4.92. The van der Waals surface area contributed by atoms with Crippen molar-refractivity contribution in [3.63, 3.8) is 0 Å². The molecule has 2 heterocycles. The van der Waals surface area contributed by atoms with E-state index in [0.717, 1.165) is 5.76 Å². The number of rotatable bonds is 2. The van der Waals surface area contributed by atoms with Gasteiger partial charge in [-0.1, -0.05) is 10.4 Å². The molecule has 0 aliphatic carbocycles. The van der Waals surface area contributed by atoms with Gasteiger partial charge >= 0.3 is 0 Å². The standard InChI is InChI=1S/C6H6N4O/c1-2-8-11-6(1)5-10-4-3-7-9-10/h1-4H,5H2. The Morgan fingerprint density at radius 1 is 1.45 bits per heavy atom. The molecule has 0 amide bonds. The number of nitrogens with zero attached hydrogens (tertiary/aromatic N) is 4. The Balaban J connectivity index is 2.14. The summed E-state index contributed by atoms with van der Waals surface area (Å²) in [5, 5.41) is 11.0. The van der Waals surface area contributed by atoms with E-state index in [9.17, 15) is 0 Å². The van der Waals surface area contributed by atoms with E-state index in [0.29, 0.717) is 6.54 Å². The van der Waals surface area contributed by atoms with Crippen LogP contribution in [-0.4, -0.2) is 20.2 Å². The van der Waals surface area contributed by atoms with Crippen LogP contribution in [0.5, 0.6) is 0 Å². The van der Waals surface area contributed by atoms with Crippen molar-refractivity contribution in [1.82, 2.24) is 20.2 Å². The average molecular weight is 150 g/mol. The molecular weight excluding hydrogens is 144 g/mol. The molecule has 11 heavy (non-hydrogen) atoms. The van der Waals surface area contributed by atoms with Gasteiger partial charge in [0.25, 0.3) is 0 Å². The van der Waals surface area contributed by atoms with E-state index >= 15 is 0 Å². The summed E-state index contributed by atoms with van der Waals surface area (Å²) in [5.41, 5.74) is 0. The second-order valence-corrected chi connectivity index (χ2v) is 2.08. The van der Waals surface area contributed by atoms with Crippen LogP contribution in [0.3, 0.4) is 0 Å². The van der Waals surface area contributed by atoms with Gasteiger partial charge in [-0.3, -0.25) is 0 Å². The fraction of sp³-hybridized carbons (Fsp3) is 0.167. The van der Waals surface area contributed by atoms with Crippen molar-refractivity contribution < 1.29 is 4.52 Å². The minimum atomic E-state index is 0.583. The summed E-state index contributed by atoms with van der Waals surface area (Å²) in [7, 11) is 0. The molecule has 0 saturated heterocycles. The first-order valence-corrected chi connectivity index (χ1v) is 3.19. The van der Waals surface area contributed by atoms with E-state index in [-0.39, 0.29) is 0 Å². The van der Waals surface area contributed by atoms with Crippen molar-refractivity contribution >= 4 is 0 Å². The summed E-state index contributed by atoms with van der Waals surface area (Å²) < 4.78 is 6.54. The SMILES string of the molecule is c1cn(Cc2ccno2)nn1. The third-order valence-electron chi connectivity index (χ3n) is 1.28. The predicted molar refractivity (Wildman–Crippen MR) is 35.6 cm³/mol. The maximum Gasteiger partial charge on any atom is 0.158 e. The third kappa shape index (κ3) is 1.26. The second kappa shape index (κ2) is 2.53. The van der Waals surface area contributed by atoms with Crippen LogP contribution in [0.1, 0.15) is 5.76 Å². The van der Waals surface area contributed by atoms with Gasteiger partial charge in [0.2, 0.25) is 0 Å². The van der Waals surface area contributed by atoms with Crippen molar-refractivity contribution in [2.24, 2.45) is 0 Å². The summed E-state index contributed by atoms with van der Waals surface area (Å²) >= 11 is 0. The Morgan fingerprint density at radius 2 is 2.45 bits per heavy atom. The van der Waals surface area contributed by atoms with E-state index < -0.39 is 0 Å². The van der Waals surface area contributed by atoms with Gasteiger partial charge < -0.3 is 4.52 Å². The Morgan fingerprint density at radius 3 is 3.09 bits per heavy atom. The highest BCUT2D eigenvalue weighted by Gasteiger charge is 1.97. The van der Waals surface area contributed by atoms with Crippen LogP contribution < -0.4 is 0 Å². The summed E-state index contributed by atoms with van der Waals surface area (Å²) in [6, 6.07) is 1.79. The lowest BCUT2D eigenvalue weighted by atomic mass is 10.5. The summed E-state index contributed by atoms with van der Waals surface area (Å²) in [5.74, 6) is 0.774. The van der Waals surface area contributed by atoms with Crippen LogP contribution >= 0.6 is 0 Å². The molecule has 0 aliphatic rings. The first-order chi connectivity index (χ1) is 5.45. The zero-order valence-corrected chi connectivity index (χ0v) is 5.71. The molecule has 0 spiro atoms. The summed E-state index contributed by atoms with van der Waals surface area (Å²) in [6.07, 6.45) is 4.99. The Bertz CT molecular complexity index is 267. The highest BCUT2D eigenvalue weighted by atomic mass is 16.5. The molecule has 0 atom stereocenters. The molecule has 0 fully saturated rings. The highest BCUT2D eigenvalue weighted by Crippen LogP contribution is 1.97. The topological polar surface area (TPSA) is 56.7 Å². The van der Waals surface area contributed by atoms with Gasteiger partial charge in [0.05, 0.1) is 12.4 Å². The molecule has 56 valence electrons. The summed E-state index contributed by atoms with van der Waals surface area (Å²) in [6.45, 7) is 0.583. The molecule has 0 bridgehead atoms. The molecule has 0 saturated carbocycles. The number of hydrogen-bond acceptors (Lipinski definition) is 4. The van der Waals surface area contributed by atoms with Gasteiger partial charge in [0.15, 0.2) is 5.76 Å². The number of hydrogen-bond donors (Lipinski definition) is 0. The van der Waals surface area contributed by atoms with Crippen molar-refractivity contribution in [2.75, 3.05) is 0 Å². The minimum Gasteiger partial charge on any atom is -0.359 e. The van der Waals surface area contributed by atoms with Gasteiger partial charge in [0.1, 0.15) is 6.54 Å². The normalized spacial score (nSPS) is 10.2. The molecule has 5 nitrogen and oxygen atoms in total. The third-order valence-corrected chi connectivity index (χ3v) is 1.28. The lowest BCUT2D eigenvalue weighted by Gasteiger charge is -1.92. The van der Waals surface area contributed by atoms with Crippen LogP contribution in [0.4, 0.5) is 0 Å². The zero-order valence-electron chi connectivity index (χ0n) is 5.71. The van der Waals surface area contributed by atoms with Crippen LogP contribution in [0, 0.1) is 0 Å². The molecule has 0 aliphatic heterocycles. The van der Waals surface area contributed by atoms with Crippen LogP contribution in [0.15, 0.2) is 29.2 Å². The van der Waals surface area contributed by atoms with Crippen molar-refractivity contribution in [3.8, 4) is 0 Å². The predicted octanol–water partition coefficient (Wildman–Crippen LogP) is 0.314. The van der Waals surface area contributed by atoms with E-state index in [4.69, 9.17) is 4.52 Å². The van der Waals surface area contributed by atoms with Gasteiger partial charge in [-0.05, 0) is 0 Å². The Hall–Kier alpha value is -1.65. The van der Waals surface area contributed by atoms with Gasteiger partial charge in [0, 0.05) is 12.3 Å². The maximum absolute atomic E-state index is 4.87. The maximum atomic E-state index is 4.87. The first kappa shape index (κ1) is 6.09. The van der Waals surface area contributed by atoms with Gasteiger partial charge in [-0.2, -0.15) is 0 Å². The zero-order chi connectivity index (χ0) is 7.52. The van der Waals surface area contributed by atoms with Crippen LogP contribution in [0.2, 0.25) is 0 Å². The van der Waals surface area contributed by atoms with E-state index in [2.05, 4.69) is 15.5 Å². The average Bonchev–Trinajstić information content (AvgIpc) is 2.60. The van der Waals surface area contributed by atoms with E-state index in [1.807, 2.05) is 0 Å². The molecule has 5 heteroatoms. The van der Waals surface area contributed by atoms with Crippen molar-refractivity contribution in [3.05, 3.63) is 30.4 Å². The number of aromatic nitrogens is 4. The van der Waals surface area contributed by atoms with Crippen molar-refractivity contribution in [2.45, 2.75) is 6.54 Å². The smallest absolute Gasteiger partial charge is 0.158 e. The summed E-state index contributed by atoms with van der Waals surface area (Å²) in [4.78, 5) is 0. The quantitative estimate of drug-likeness (QED) is 0.618. The molecule has 2 rings (SSSR count).